The van der Waals surface area contributed by atoms with E-state index in [9.17, 15) is 4.79 Å². The number of aryl methyl sites for hydroxylation is 1. The van der Waals surface area contributed by atoms with E-state index in [0.717, 1.165) is 37.7 Å². The molecule has 3 aromatic rings. The maximum absolute atomic E-state index is 12.1. The van der Waals surface area contributed by atoms with Gasteiger partial charge in [0.25, 0.3) is 0 Å². The largest absolute Gasteiger partial charge is 0.355 e. The van der Waals surface area contributed by atoms with Crippen LogP contribution in [-0.4, -0.2) is 37.7 Å². The minimum absolute atomic E-state index is 0.0509. The third-order valence-corrected chi connectivity index (χ3v) is 6.37. The van der Waals surface area contributed by atoms with Crippen LogP contribution in [0.3, 0.4) is 0 Å². The van der Waals surface area contributed by atoms with Gasteiger partial charge in [0.1, 0.15) is 5.82 Å². The maximum Gasteiger partial charge on any atom is 0.230 e. The number of amides is 1. The molecule has 2 aromatic heterocycles. The van der Waals surface area contributed by atoms with E-state index in [2.05, 4.69) is 45.1 Å². The Bertz CT molecular complexity index is 934. The number of fused-ring (bicyclic) bond motifs is 1. The summed E-state index contributed by atoms with van der Waals surface area (Å²) in [6.45, 7) is 0.754. The highest BCUT2D eigenvalue weighted by Gasteiger charge is 2.26. The first-order valence-electron chi connectivity index (χ1n) is 9.78. The Hall–Kier alpha value is -2.41. The third-order valence-electron chi connectivity index (χ3n) is 5.50. The molecule has 0 saturated heterocycles. The highest BCUT2D eigenvalue weighted by atomic mass is 32.2. The van der Waals surface area contributed by atoms with Crippen LogP contribution in [0.15, 0.2) is 47.9 Å². The van der Waals surface area contributed by atoms with Gasteiger partial charge in [-0.05, 0) is 49.8 Å². The van der Waals surface area contributed by atoms with Crippen LogP contribution in [0.2, 0.25) is 0 Å². The van der Waals surface area contributed by atoms with E-state index in [4.69, 9.17) is 4.98 Å². The lowest BCUT2D eigenvalue weighted by Gasteiger charge is -2.28. The van der Waals surface area contributed by atoms with Gasteiger partial charge in [0.15, 0.2) is 5.16 Å². The highest BCUT2D eigenvalue weighted by molar-refractivity contribution is 7.99. The number of carbonyl (C=O) groups excluding carboxylic acids is 1. The van der Waals surface area contributed by atoms with Crippen molar-refractivity contribution in [3.8, 4) is 0 Å². The Labute approximate surface area is 169 Å². The topological polar surface area (TPSA) is 72.7 Å². The zero-order valence-corrected chi connectivity index (χ0v) is 16.9. The monoisotopic (exact) mass is 395 g/mol. The van der Waals surface area contributed by atoms with Crippen molar-refractivity contribution in [1.82, 2.24) is 24.8 Å². The fourth-order valence-electron chi connectivity index (χ4n) is 3.95. The van der Waals surface area contributed by atoms with E-state index in [0.29, 0.717) is 22.7 Å². The van der Waals surface area contributed by atoms with Gasteiger partial charge in [-0.15, -0.1) is 0 Å². The maximum atomic E-state index is 12.1. The highest BCUT2D eigenvalue weighted by Crippen LogP contribution is 2.36. The summed E-state index contributed by atoms with van der Waals surface area (Å²) in [5.41, 5.74) is 2.28. The fourth-order valence-corrected chi connectivity index (χ4v) is 4.59. The molecule has 0 radical (unpaired) electrons. The van der Waals surface area contributed by atoms with Crippen molar-refractivity contribution in [2.24, 2.45) is 13.0 Å². The average molecular weight is 396 g/mol. The molecule has 6 nitrogen and oxygen atoms in total. The Morgan fingerprint density at radius 3 is 2.64 bits per heavy atom. The molecule has 1 fully saturated rings. The van der Waals surface area contributed by atoms with E-state index in [1.807, 2.05) is 6.07 Å². The molecular weight excluding hydrogens is 370 g/mol. The van der Waals surface area contributed by atoms with Crippen LogP contribution in [0.25, 0.3) is 11.0 Å². The molecule has 28 heavy (non-hydrogen) atoms. The van der Waals surface area contributed by atoms with E-state index in [1.165, 1.54) is 23.1 Å². The molecule has 2 heterocycles. The lowest BCUT2D eigenvalue weighted by Crippen LogP contribution is -2.32. The van der Waals surface area contributed by atoms with Gasteiger partial charge in [-0.2, -0.15) is 0 Å². The number of rotatable bonds is 6. The van der Waals surface area contributed by atoms with Gasteiger partial charge < -0.3 is 9.88 Å². The number of hydrogen-bond acceptors (Lipinski definition) is 5. The smallest absolute Gasteiger partial charge is 0.230 e. The Balaban J connectivity index is 1.24. The van der Waals surface area contributed by atoms with Crippen molar-refractivity contribution in [3.05, 3.63) is 48.5 Å². The molecular formula is C21H25N5OS. The molecule has 1 aliphatic carbocycles. The van der Waals surface area contributed by atoms with Gasteiger partial charge in [0, 0.05) is 31.9 Å². The van der Waals surface area contributed by atoms with E-state index < -0.39 is 0 Å². The van der Waals surface area contributed by atoms with Crippen molar-refractivity contribution in [3.63, 3.8) is 0 Å². The molecule has 146 valence electrons. The normalized spacial score (nSPS) is 19.6. The van der Waals surface area contributed by atoms with Gasteiger partial charge in [0.05, 0.1) is 16.8 Å². The lowest BCUT2D eigenvalue weighted by atomic mass is 9.81. The van der Waals surface area contributed by atoms with Crippen LogP contribution in [0.4, 0.5) is 0 Å². The van der Waals surface area contributed by atoms with Gasteiger partial charge in [0.2, 0.25) is 5.91 Å². The minimum Gasteiger partial charge on any atom is -0.355 e. The Morgan fingerprint density at radius 2 is 1.89 bits per heavy atom. The molecule has 0 unspecified atom stereocenters. The van der Waals surface area contributed by atoms with Crippen molar-refractivity contribution in [1.29, 1.82) is 0 Å². The molecule has 0 aliphatic heterocycles. The summed E-state index contributed by atoms with van der Waals surface area (Å²) < 4.78 is 2.24. The summed E-state index contributed by atoms with van der Waals surface area (Å²) in [6.07, 6.45) is 7.90. The summed E-state index contributed by atoms with van der Waals surface area (Å²) in [5, 5.41) is 3.71. The number of hydrogen-bond donors (Lipinski definition) is 1. The predicted octanol–water partition coefficient (Wildman–Crippen LogP) is 3.55. The zero-order valence-electron chi connectivity index (χ0n) is 16.0. The lowest BCUT2D eigenvalue weighted by molar-refractivity contribution is -0.118. The molecule has 0 atom stereocenters. The first-order valence-corrected chi connectivity index (χ1v) is 10.8. The van der Waals surface area contributed by atoms with Gasteiger partial charge in [-0.25, -0.2) is 15.0 Å². The minimum atomic E-state index is 0.0509. The quantitative estimate of drug-likeness (QED) is 0.510. The van der Waals surface area contributed by atoms with Crippen molar-refractivity contribution in [2.45, 2.75) is 36.8 Å². The standard InChI is InChI=1S/C21H25N5OS/c1-26-18-6-3-2-5-17(18)25-20(26)16-9-7-15(8-10-16)13-24-19(27)14-28-21-22-11-4-12-23-21/h2-6,11-12,15-16H,7-10,13-14H2,1H3,(H,24,27). The first-order chi connectivity index (χ1) is 13.7. The second-order valence-corrected chi connectivity index (χ2v) is 8.30. The van der Waals surface area contributed by atoms with Crippen molar-refractivity contribution in [2.75, 3.05) is 12.3 Å². The predicted molar refractivity (Wildman–Crippen MR) is 111 cm³/mol. The molecule has 0 bridgehead atoms. The SMILES string of the molecule is Cn1c(C2CCC(CNC(=O)CSc3ncccn3)CC2)nc2ccccc21. The molecule has 1 saturated carbocycles. The number of imidazole rings is 1. The first kappa shape index (κ1) is 18.9. The van der Waals surface area contributed by atoms with Crippen LogP contribution in [0, 0.1) is 5.92 Å². The van der Waals surface area contributed by atoms with E-state index in [1.54, 1.807) is 18.5 Å². The molecule has 4 rings (SSSR count). The van der Waals surface area contributed by atoms with Crippen LogP contribution < -0.4 is 5.32 Å². The second kappa shape index (κ2) is 8.73. The van der Waals surface area contributed by atoms with Crippen molar-refractivity contribution >= 4 is 28.7 Å². The second-order valence-electron chi connectivity index (χ2n) is 7.36. The third kappa shape index (κ3) is 4.35. The van der Waals surface area contributed by atoms with Crippen LogP contribution in [-0.2, 0) is 11.8 Å². The summed E-state index contributed by atoms with van der Waals surface area (Å²) >= 11 is 1.37. The summed E-state index contributed by atoms with van der Waals surface area (Å²) in [7, 11) is 2.12. The molecule has 1 aliphatic rings. The zero-order chi connectivity index (χ0) is 19.3. The number of benzene rings is 1. The van der Waals surface area contributed by atoms with Gasteiger partial charge >= 0.3 is 0 Å². The number of para-hydroxylation sites is 2. The number of thioether (sulfide) groups is 1. The van der Waals surface area contributed by atoms with E-state index >= 15 is 0 Å². The van der Waals surface area contributed by atoms with Crippen LogP contribution in [0.5, 0.6) is 0 Å². The molecule has 0 spiro atoms. The van der Waals surface area contributed by atoms with Crippen molar-refractivity contribution < 1.29 is 4.79 Å². The molecule has 1 amide bonds. The number of nitrogens with one attached hydrogen (secondary N) is 1. The van der Waals surface area contributed by atoms with Crippen LogP contribution in [0.1, 0.15) is 37.4 Å². The summed E-state index contributed by atoms with van der Waals surface area (Å²) in [6, 6.07) is 10.1. The van der Waals surface area contributed by atoms with E-state index in [-0.39, 0.29) is 5.91 Å². The Morgan fingerprint density at radius 1 is 1.14 bits per heavy atom. The number of aromatic nitrogens is 4. The molecule has 7 heteroatoms. The van der Waals surface area contributed by atoms with Crippen LogP contribution >= 0.6 is 11.8 Å². The van der Waals surface area contributed by atoms with Gasteiger partial charge in [-0.3, -0.25) is 4.79 Å². The summed E-state index contributed by atoms with van der Waals surface area (Å²) in [4.78, 5) is 25.2. The van der Waals surface area contributed by atoms with Gasteiger partial charge in [-0.1, -0.05) is 23.9 Å². The average Bonchev–Trinajstić information content (AvgIpc) is 3.09. The number of carbonyl (C=O) groups is 1. The fraction of sp³-hybridized carbons (Fsp3) is 0.429. The number of nitrogens with zero attached hydrogens (tertiary/aromatic N) is 4. The molecule has 1 N–H and O–H groups in total. The molecule has 1 aromatic carbocycles. The Kier molecular flexibility index (Phi) is 5.90. The summed E-state index contributed by atoms with van der Waals surface area (Å²) in [5.74, 6) is 2.67.